The summed E-state index contributed by atoms with van der Waals surface area (Å²) in [7, 11) is 1.25. The summed E-state index contributed by atoms with van der Waals surface area (Å²) in [6.45, 7) is 1.16. The van der Waals surface area contributed by atoms with Crippen molar-refractivity contribution in [2.75, 3.05) is 24.9 Å². The van der Waals surface area contributed by atoms with Crippen LogP contribution < -0.4 is 16.0 Å². The third kappa shape index (κ3) is 5.37. The van der Waals surface area contributed by atoms with Crippen LogP contribution in [0.5, 0.6) is 0 Å². The van der Waals surface area contributed by atoms with Crippen LogP contribution in [0.1, 0.15) is 12.6 Å². The van der Waals surface area contributed by atoms with Gasteiger partial charge >= 0.3 is 5.97 Å². The van der Waals surface area contributed by atoms with E-state index >= 15 is 0 Å². The SMILES string of the molecule is CO/N=C(\C(=O)N[C@H]1C(=O)N[C@@H]1COC(C)=O)c1csc(NC(=O)CCl)n1. The average Bonchev–Trinajstić information content (AvgIpc) is 3.08. The van der Waals surface area contributed by atoms with Crippen molar-refractivity contribution in [3.63, 3.8) is 0 Å². The zero-order valence-electron chi connectivity index (χ0n) is 14.3. The molecule has 0 unspecified atom stereocenters. The van der Waals surface area contributed by atoms with Crippen molar-refractivity contribution in [1.82, 2.24) is 15.6 Å². The highest BCUT2D eigenvalue weighted by Crippen LogP contribution is 2.17. The fraction of sp³-hybridized carbons (Fsp3) is 0.429. The number of rotatable bonds is 8. The molecule has 2 rings (SSSR count). The molecule has 3 amide bonds. The number of esters is 1. The first-order valence-corrected chi connectivity index (χ1v) is 8.94. The molecule has 1 aromatic rings. The minimum absolute atomic E-state index is 0.0753. The molecule has 0 spiro atoms. The third-order valence-electron chi connectivity index (χ3n) is 3.28. The van der Waals surface area contributed by atoms with Gasteiger partial charge in [-0.3, -0.25) is 19.2 Å². The number of hydrogen-bond acceptors (Lipinski definition) is 9. The lowest BCUT2D eigenvalue weighted by molar-refractivity contribution is -0.147. The van der Waals surface area contributed by atoms with Crippen LogP contribution in [0.3, 0.4) is 0 Å². The first-order chi connectivity index (χ1) is 12.8. The molecule has 1 aromatic heterocycles. The number of nitrogens with one attached hydrogen (secondary N) is 3. The van der Waals surface area contributed by atoms with Gasteiger partial charge in [0.05, 0.1) is 6.04 Å². The standard InChI is InChI=1S/C14H16ClN5O6S/c1-6(21)26-4-7-10(12(23)16-7)19-13(24)11(20-25-2)8-5-27-14(17-8)18-9(22)3-15/h5,7,10H,3-4H2,1-2H3,(H,16,23)(H,19,24)(H,17,18,22)/b20-11-/t7-,10-/m1/s1. The van der Waals surface area contributed by atoms with Gasteiger partial charge < -0.3 is 25.5 Å². The number of carbonyl (C=O) groups is 4. The molecule has 1 fully saturated rings. The summed E-state index contributed by atoms with van der Waals surface area (Å²) in [6, 6.07) is -1.45. The molecular formula is C14H16ClN5O6S. The van der Waals surface area contributed by atoms with Crippen LogP contribution in [-0.4, -0.2) is 66.1 Å². The van der Waals surface area contributed by atoms with Crippen LogP contribution in [0.4, 0.5) is 5.13 Å². The second-order valence-corrected chi connectivity index (χ2v) is 6.34. The molecule has 146 valence electrons. The number of thiazole rings is 1. The monoisotopic (exact) mass is 417 g/mol. The van der Waals surface area contributed by atoms with Gasteiger partial charge in [0.1, 0.15) is 31.3 Å². The maximum absolute atomic E-state index is 12.5. The molecule has 3 N–H and O–H groups in total. The molecule has 2 heterocycles. The number of alkyl halides is 1. The minimum Gasteiger partial charge on any atom is -0.464 e. The molecule has 0 aliphatic carbocycles. The van der Waals surface area contributed by atoms with Crippen LogP contribution >= 0.6 is 22.9 Å². The van der Waals surface area contributed by atoms with Gasteiger partial charge in [0.2, 0.25) is 11.8 Å². The third-order valence-corrected chi connectivity index (χ3v) is 4.28. The molecule has 1 aliphatic heterocycles. The molecule has 0 aromatic carbocycles. The summed E-state index contributed by atoms with van der Waals surface area (Å²) in [5.74, 6) is -2.34. The number of hydrogen-bond donors (Lipinski definition) is 3. The predicted molar refractivity (Wildman–Crippen MR) is 95.5 cm³/mol. The van der Waals surface area contributed by atoms with E-state index in [0.29, 0.717) is 0 Å². The second-order valence-electron chi connectivity index (χ2n) is 5.21. The maximum Gasteiger partial charge on any atom is 0.302 e. The first kappa shape index (κ1) is 20.6. The van der Waals surface area contributed by atoms with Gasteiger partial charge in [-0.2, -0.15) is 0 Å². The van der Waals surface area contributed by atoms with E-state index in [-0.39, 0.29) is 29.0 Å². The minimum atomic E-state index is -0.895. The number of carbonyl (C=O) groups excluding carboxylic acids is 4. The number of nitrogens with zero attached hydrogens (tertiary/aromatic N) is 2. The number of amides is 3. The van der Waals surface area contributed by atoms with E-state index in [1.165, 1.54) is 19.4 Å². The van der Waals surface area contributed by atoms with Gasteiger partial charge in [0.25, 0.3) is 5.91 Å². The van der Waals surface area contributed by atoms with Crippen molar-refractivity contribution in [2.24, 2.45) is 5.16 Å². The molecule has 13 heteroatoms. The Labute approximate surface area is 162 Å². The largest absolute Gasteiger partial charge is 0.464 e. The predicted octanol–water partition coefficient (Wildman–Crippen LogP) is -0.783. The summed E-state index contributed by atoms with van der Waals surface area (Å²) in [4.78, 5) is 55.1. The molecule has 1 aliphatic rings. The first-order valence-electron chi connectivity index (χ1n) is 7.53. The zero-order valence-corrected chi connectivity index (χ0v) is 15.8. The van der Waals surface area contributed by atoms with Crippen molar-refractivity contribution >= 4 is 57.5 Å². The number of β-lactam (4-membered cyclic amide) rings is 1. The smallest absolute Gasteiger partial charge is 0.302 e. The number of oxime groups is 1. The van der Waals surface area contributed by atoms with Crippen LogP contribution in [-0.2, 0) is 28.8 Å². The average molecular weight is 418 g/mol. The van der Waals surface area contributed by atoms with Crippen molar-refractivity contribution in [3.05, 3.63) is 11.1 Å². The summed E-state index contributed by atoms with van der Waals surface area (Å²) < 4.78 is 4.83. The Morgan fingerprint density at radius 2 is 2.19 bits per heavy atom. The van der Waals surface area contributed by atoms with E-state index in [2.05, 4.69) is 30.9 Å². The Morgan fingerprint density at radius 1 is 1.44 bits per heavy atom. The van der Waals surface area contributed by atoms with E-state index < -0.39 is 35.8 Å². The van der Waals surface area contributed by atoms with E-state index in [0.717, 1.165) is 11.3 Å². The van der Waals surface area contributed by atoms with E-state index in [1.54, 1.807) is 0 Å². The van der Waals surface area contributed by atoms with Gasteiger partial charge in [-0.15, -0.1) is 22.9 Å². The number of anilines is 1. The van der Waals surface area contributed by atoms with E-state index in [1.807, 2.05) is 0 Å². The lowest BCUT2D eigenvalue weighted by Gasteiger charge is -2.36. The topological polar surface area (TPSA) is 148 Å². The fourth-order valence-electron chi connectivity index (χ4n) is 2.05. The number of aromatic nitrogens is 1. The molecule has 1 saturated heterocycles. The van der Waals surface area contributed by atoms with E-state index in [4.69, 9.17) is 16.3 Å². The summed E-state index contributed by atoms with van der Waals surface area (Å²) >= 11 is 6.47. The molecule has 0 saturated carbocycles. The number of ether oxygens (including phenoxy) is 1. The Hall–Kier alpha value is -2.73. The molecule has 27 heavy (non-hydrogen) atoms. The Bertz CT molecular complexity index is 782. The van der Waals surface area contributed by atoms with Gasteiger partial charge in [-0.1, -0.05) is 5.16 Å². The highest BCUT2D eigenvalue weighted by atomic mass is 35.5. The van der Waals surface area contributed by atoms with Gasteiger partial charge in [0.15, 0.2) is 10.8 Å². The van der Waals surface area contributed by atoms with E-state index in [9.17, 15) is 19.2 Å². The summed E-state index contributed by atoms with van der Waals surface area (Å²) in [5, 5.41) is 12.8. The van der Waals surface area contributed by atoms with Gasteiger partial charge in [-0.05, 0) is 0 Å². The Kier molecular flexibility index (Phi) is 7.07. The number of halogens is 1. The highest BCUT2D eigenvalue weighted by molar-refractivity contribution is 7.14. The normalized spacial score (nSPS) is 18.8. The Balaban J connectivity index is 2.07. The van der Waals surface area contributed by atoms with Gasteiger partial charge in [0, 0.05) is 12.3 Å². The summed E-state index contributed by atoms with van der Waals surface area (Å²) in [5.41, 5.74) is -0.0495. The maximum atomic E-state index is 12.5. The molecular weight excluding hydrogens is 402 g/mol. The lowest BCUT2D eigenvalue weighted by Crippen LogP contribution is -2.71. The van der Waals surface area contributed by atoms with Gasteiger partial charge in [-0.25, -0.2) is 4.98 Å². The molecule has 2 atom stereocenters. The van der Waals surface area contributed by atoms with Crippen molar-refractivity contribution in [1.29, 1.82) is 0 Å². The quantitative estimate of drug-likeness (QED) is 0.165. The van der Waals surface area contributed by atoms with Crippen LogP contribution in [0.25, 0.3) is 0 Å². The zero-order chi connectivity index (χ0) is 20.0. The van der Waals surface area contributed by atoms with Crippen LogP contribution in [0.15, 0.2) is 10.5 Å². The lowest BCUT2D eigenvalue weighted by atomic mass is 9.99. The highest BCUT2D eigenvalue weighted by Gasteiger charge is 2.42. The molecule has 0 bridgehead atoms. The molecule has 11 nitrogen and oxygen atoms in total. The second kappa shape index (κ2) is 9.28. The van der Waals surface area contributed by atoms with Crippen molar-refractivity contribution in [3.8, 4) is 0 Å². The van der Waals surface area contributed by atoms with Crippen LogP contribution in [0.2, 0.25) is 0 Å². The van der Waals surface area contributed by atoms with Crippen molar-refractivity contribution in [2.45, 2.75) is 19.0 Å². The molecule has 0 radical (unpaired) electrons. The van der Waals surface area contributed by atoms with Crippen molar-refractivity contribution < 1.29 is 28.8 Å². The summed E-state index contributed by atoms with van der Waals surface area (Å²) in [6.07, 6.45) is 0. The fourth-order valence-corrected chi connectivity index (χ4v) is 2.83. The van der Waals surface area contributed by atoms with Crippen LogP contribution in [0, 0.1) is 0 Å². The Morgan fingerprint density at radius 3 is 2.78 bits per heavy atom.